The molecule has 0 bridgehead atoms. The third kappa shape index (κ3) is 4.01. The summed E-state index contributed by atoms with van der Waals surface area (Å²) in [6, 6.07) is 0. The van der Waals surface area contributed by atoms with Crippen molar-refractivity contribution < 1.29 is 9.53 Å². The number of nitrogens with one attached hydrogen (secondary N) is 1. The van der Waals surface area contributed by atoms with Crippen LogP contribution < -0.4 is 5.32 Å². The largest absolute Gasteiger partial charge is 0.465 e. The predicted molar refractivity (Wildman–Crippen MR) is 86.1 cm³/mol. The number of anilines is 1. The Labute approximate surface area is 132 Å². The monoisotopic (exact) mass is 325 g/mol. The van der Waals surface area contributed by atoms with Crippen molar-refractivity contribution in [3.8, 4) is 0 Å². The molecule has 2 aromatic heterocycles. The van der Waals surface area contributed by atoms with Crippen LogP contribution in [0.3, 0.4) is 0 Å². The SMILES string of the molecule is CCOC(=O)C(C)(C)c1csc(NCCc2nccs2)n1. The highest BCUT2D eigenvalue weighted by molar-refractivity contribution is 7.13. The summed E-state index contributed by atoms with van der Waals surface area (Å²) in [6.07, 6.45) is 2.68. The van der Waals surface area contributed by atoms with Gasteiger partial charge < -0.3 is 10.1 Å². The predicted octanol–water partition coefficient (Wildman–Crippen LogP) is 3.09. The lowest BCUT2D eigenvalue weighted by molar-refractivity contribution is -0.148. The Hall–Kier alpha value is -1.47. The van der Waals surface area contributed by atoms with E-state index in [4.69, 9.17) is 4.74 Å². The summed E-state index contributed by atoms with van der Waals surface area (Å²) in [5.74, 6) is -0.246. The Morgan fingerprint density at radius 3 is 2.90 bits per heavy atom. The molecule has 114 valence electrons. The molecule has 0 aromatic carbocycles. The third-order valence-electron chi connectivity index (χ3n) is 3.03. The summed E-state index contributed by atoms with van der Waals surface area (Å²) in [7, 11) is 0. The minimum absolute atomic E-state index is 0.246. The average molecular weight is 325 g/mol. The van der Waals surface area contributed by atoms with Crippen molar-refractivity contribution in [2.75, 3.05) is 18.5 Å². The summed E-state index contributed by atoms with van der Waals surface area (Å²) in [5.41, 5.74) is 0.0181. The van der Waals surface area contributed by atoms with Gasteiger partial charge in [-0.1, -0.05) is 0 Å². The van der Waals surface area contributed by atoms with Crippen molar-refractivity contribution in [2.24, 2.45) is 0 Å². The number of nitrogens with zero attached hydrogens (tertiary/aromatic N) is 2. The molecule has 0 amide bonds. The van der Waals surface area contributed by atoms with Crippen molar-refractivity contribution in [3.63, 3.8) is 0 Å². The Morgan fingerprint density at radius 2 is 2.24 bits per heavy atom. The zero-order chi connectivity index (χ0) is 15.3. The maximum Gasteiger partial charge on any atom is 0.317 e. The minimum Gasteiger partial charge on any atom is -0.465 e. The minimum atomic E-state index is -0.720. The van der Waals surface area contributed by atoms with Crippen LogP contribution in [-0.4, -0.2) is 29.1 Å². The molecule has 1 N–H and O–H groups in total. The fourth-order valence-electron chi connectivity index (χ4n) is 1.71. The number of aromatic nitrogens is 2. The summed E-state index contributed by atoms with van der Waals surface area (Å²) in [5, 5.41) is 9.07. The first kappa shape index (κ1) is 15.9. The first-order valence-corrected chi connectivity index (χ1v) is 8.55. The van der Waals surface area contributed by atoms with Gasteiger partial charge in [-0.15, -0.1) is 22.7 Å². The maximum atomic E-state index is 12.0. The van der Waals surface area contributed by atoms with Gasteiger partial charge in [-0.25, -0.2) is 9.97 Å². The van der Waals surface area contributed by atoms with Gasteiger partial charge in [-0.3, -0.25) is 4.79 Å². The van der Waals surface area contributed by atoms with Crippen molar-refractivity contribution in [2.45, 2.75) is 32.6 Å². The molecule has 0 saturated heterocycles. The molecule has 0 saturated carbocycles. The van der Waals surface area contributed by atoms with Crippen LogP contribution in [0.2, 0.25) is 0 Å². The van der Waals surface area contributed by atoms with E-state index < -0.39 is 5.41 Å². The molecule has 2 rings (SSSR count). The quantitative estimate of drug-likeness (QED) is 0.793. The smallest absolute Gasteiger partial charge is 0.317 e. The molecule has 21 heavy (non-hydrogen) atoms. The van der Waals surface area contributed by atoms with Gasteiger partial charge in [0.15, 0.2) is 5.13 Å². The molecule has 0 fully saturated rings. The van der Waals surface area contributed by atoms with Crippen LogP contribution in [0.5, 0.6) is 0 Å². The van der Waals surface area contributed by atoms with E-state index in [9.17, 15) is 4.79 Å². The lowest BCUT2D eigenvalue weighted by Crippen LogP contribution is -2.31. The number of hydrogen-bond donors (Lipinski definition) is 1. The Morgan fingerprint density at radius 1 is 1.43 bits per heavy atom. The van der Waals surface area contributed by atoms with Crippen LogP contribution >= 0.6 is 22.7 Å². The summed E-state index contributed by atoms with van der Waals surface area (Å²) < 4.78 is 5.10. The molecular formula is C14H19N3O2S2. The highest BCUT2D eigenvalue weighted by Crippen LogP contribution is 2.28. The Balaban J connectivity index is 1.92. The fourth-order valence-corrected chi connectivity index (χ4v) is 3.24. The van der Waals surface area contributed by atoms with Crippen LogP contribution in [0.4, 0.5) is 5.13 Å². The third-order valence-corrected chi connectivity index (χ3v) is 4.67. The first-order chi connectivity index (χ1) is 10.0. The van der Waals surface area contributed by atoms with E-state index in [0.717, 1.165) is 28.8 Å². The van der Waals surface area contributed by atoms with Gasteiger partial charge in [0.05, 0.1) is 17.3 Å². The maximum absolute atomic E-state index is 12.0. The van der Waals surface area contributed by atoms with Crippen LogP contribution in [-0.2, 0) is 21.4 Å². The van der Waals surface area contributed by atoms with Crippen LogP contribution in [0.25, 0.3) is 0 Å². The molecule has 0 aliphatic carbocycles. The van der Waals surface area contributed by atoms with E-state index in [1.165, 1.54) is 11.3 Å². The number of rotatable bonds is 7. The van der Waals surface area contributed by atoms with Gasteiger partial charge in [-0.2, -0.15) is 0 Å². The van der Waals surface area contributed by atoms with Crippen molar-refractivity contribution in [1.82, 2.24) is 9.97 Å². The van der Waals surface area contributed by atoms with E-state index in [1.54, 1.807) is 18.3 Å². The van der Waals surface area contributed by atoms with Crippen molar-refractivity contribution >= 4 is 33.8 Å². The first-order valence-electron chi connectivity index (χ1n) is 6.79. The zero-order valence-electron chi connectivity index (χ0n) is 12.4. The highest BCUT2D eigenvalue weighted by Gasteiger charge is 2.33. The number of esters is 1. The molecule has 0 aliphatic heterocycles. The number of thiazole rings is 2. The van der Waals surface area contributed by atoms with Crippen molar-refractivity contribution in [1.29, 1.82) is 0 Å². The molecule has 0 radical (unpaired) electrons. The molecule has 0 atom stereocenters. The van der Waals surface area contributed by atoms with Gasteiger partial charge in [0.25, 0.3) is 0 Å². The molecule has 5 nitrogen and oxygen atoms in total. The van der Waals surface area contributed by atoms with Gasteiger partial charge in [0.2, 0.25) is 0 Å². The summed E-state index contributed by atoms with van der Waals surface area (Å²) in [4.78, 5) is 20.7. The fraction of sp³-hybridized carbons (Fsp3) is 0.500. The van der Waals surface area contributed by atoms with E-state index in [-0.39, 0.29) is 5.97 Å². The van der Waals surface area contributed by atoms with Crippen molar-refractivity contribution in [3.05, 3.63) is 27.7 Å². The van der Waals surface area contributed by atoms with Crippen LogP contribution in [0, 0.1) is 0 Å². The van der Waals surface area contributed by atoms with E-state index in [2.05, 4.69) is 15.3 Å². The average Bonchev–Trinajstić information content (AvgIpc) is 3.10. The van der Waals surface area contributed by atoms with Gasteiger partial charge >= 0.3 is 5.97 Å². The van der Waals surface area contributed by atoms with E-state index in [0.29, 0.717) is 6.61 Å². The molecular weight excluding hydrogens is 306 g/mol. The molecule has 0 spiro atoms. The summed E-state index contributed by atoms with van der Waals surface area (Å²) >= 11 is 3.15. The normalized spacial score (nSPS) is 11.4. The number of hydrogen-bond acceptors (Lipinski definition) is 7. The Kier molecular flexibility index (Phi) is 5.30. The Bertz CT molecular complexity index is 579. The second-order valence-corrected chi connectivity index (χ2v) is 6.82. The molecule has 7 heteroatoms. The standard InChI is InChI=1S/C14H19N3O2S2/c1-4-19-12(18)14(2,3)10-9-21-13(17-10)16-6-5-11-15-7-8-20-11/h7-9H,4-6H2,1-3H3,(H,16,17). The highest BCUT2D eigenvalue weighted by atomic mass is 32.1. The van der Waals surface area contributed by atoms with Crippen LogP contribution in [0.1, 0.15) is 31.5 Å². The molecule has 0 aliphatic rings. The van der Waals surface area contributed by atoms with Crippen LogP contribution in [0.15, 0.2) is 17.0 Å². The number of ether oxygens (including phenoxy) is 1. The summed E-state index contributed by atoms with van der Waals surface area (Å²) in [6.45, 7) is 6.63. The van der Waals surface area contributed by atoms with Gasteiger partial charge in [0.1, 0.15) is 5.41 Å². The topological polar surface area (TPSA) is 64.1 Å². The molecule has 2 heterocycles. The number of carbonyl (C=O) groups is 1. The number of carbonyl (C=O) groups excluding carboxylic acids is 1. The van der Waals surface area contributed by atoms with E-state index >= 15 is 0 Å². The molecule has 2 aromatic rings. The van der Waals surface area contributed by atoms with Gasteiger partial charge in [-0.05, 0) is 20.8 Å². The zero-order valence-corrected chi connectivity index (χ0v) is 14.0. The molecule has 0 unspecified atom stereocenters. The van der Waals surface area contributed by atoms with Gasteiger partial charge in [0, 0.05) is 29.9 Å². The van der Waals surface area contributed by atoms with E-state index in [1.807, 2.05) is 30.8 Å². The lowest BCUT2D eigenvalue weighted by Gasteiger charge is -2.19. The second kappa shape index (κ2) is 7.00. The second-order valence-electron chi connectivity index (χ2n) is 4.99. The lowest BCUT2D eigenvalue weighted by atomic mass is 9.90.